The molecular formula is C12H22FN3O3Si. The molecule has 6 nitrogen and oxygen atoms in total. The number of amides is 1. The van der Waals surface area contributed by atoms with Crippen molar-refractivity contribution in [2.24, 2.45) is 0 Å². The first-order valence-corrected chi connectivity index (χ1v) is 10.1. The first kappa shape index (κ1) is 16.8. The fourth-order valence-electron chi connectivity index (χ4n) is 1.40. The van der Waals surface area contributed by atoms with Crippen molar-refractivity contribution in [2.75, 3.05) is 20.8 Å². The van der Waals surface area contributed by atoms with E-state index in [9.17, 15) is 9.18 Å². The highest BCUT2D eigenvalue weighted by atomic mass is 28.3. The Morgan fingerprint density at radius 3 is 2.70 bits per heavy atom. The summed E-state index contributed by atoms with van der Waals surface area (Å²) in [6.07, 6.45) is 1.32. The molecule has 0 aliphatic carbocycles. The molecule has 1 amide bonds. The molecule has 0 spiro atoms. The highest BCUT2D eigenvalue weighted by molar-refractivity contribution is 6.76. The van der Waals surface area contributed by atoms with E-state index in [-0.39, 0.29) is 12.3 Å². The van der Waals surface area contributed by atoms with E-state index in [0.717, 1.165) is 11.1 Å². The number of nitrogens with zero attached hydrogens (tertiary/aromatic N) is 3. The van der Waals surface area contributed by atoms with Gasteiger partial charge in [-0.3, -0.25) is 9.63 Å². The van der Waals surface area contributed by atoms with Crippen LogP contribution in [0.1, 0.15) is 10.4 Å². The van der Waals surface area contributed by atoms with E-state index < -0.39 is 19.9 Å². The van der Waals surface area contributed by atoms with Gasteiger partial charge in [0, 0.05) is 27.9 Å². The van der Waals surface area contributed by atoms with E-state index in [4.69, 9.17) is 9.57 Å². The van der Waals surface area contributed by atoms with Crippen LogP contribution < -0.4 is 0 Å². The number of hydrogen-bond acceptors (Lipinski definition) is 4. The number of ether oxygens (including phenoxy) is 1. The zero-order valence-electron chi connectivity index (χ0n) is 12.6. The van der Waals surface area contributed by atoms with Crippen LogP contribution in [0.25, 0.3) is 0 Å². The molecule has 20 heavy (non-hydrogen) atoms. The van der Waals surface area contributed by atoms with Gasteiger partial charge in [-0.2, -0.15) is 4.39 Å². The Bertz CT molecular complexity index is 459. The van der Waals surface area contributed by atoms with Crippen LogP contribution in [0.5, 0.6) is 0 Å². The third-order valence-corrected chi connectivity index (χ3v) is 4.43. The Morgan fingerprint density at radius 1 is 1.50 bits per heavy atom. The quantitative estimate of drug-likeness (QED) is 0.439. The van der Waals surface area contributed by atoms with Crippen molar-refractivity contribution >= 4 is 14.0 Å². The molecule has 0 fully saturated rings. The smallest absolute Gasteiger partial charge is 0.283 e. The Balaban J connectivity index is 2.55. The fraction of sp³-hybridized carbons (Fsp3) is 0.667. The Labute approximate surface area is 119 Å². The van der Waals surface area contributed by atoms with E-state index in [1.54, 1.807) is 0 Å². The van der Waals surface area contributed by atoms with Crippen LogP contribution in [0.4, 0.5) is 4.39 Å². The maximum atomic E-state index is 13.6. The van der Waals surface area contributed by atoms with Crippen LogP contribution >= 0.6 is 0 Å². The van der Waals surface area contributed by atoms with Crippen molar-refractivity contribution in [3.05, 3.63) is 17.7 Å². The van der Waals surface area contributed by atoms with E-state index in [2.05, 4.69) is 24.7 Å². The van der Waals surface area contributed by atoms with Crippen molar-refractivity contribution < 1.29 is 18.8 Å². The highest BCUT2D eigenvalue weighted by Gasteiger charge is 2.20. The molecule has 0 radical (unpaired) electrons. The summed E-state index contributed by atoms with van der Waals surface area (Å²) >= 11 is 0. The molecule has 0 saturated heterocycles. The molecule has 1 rings (SSSR count). The number of aromatic nitrogens is 2. The van der Waals surface area contributed by atoms with E-state index in [0.29, 0.717) is 6.61 Å². The topological polar surface area (TPSA) is 56.6 Å². The van der Waals surface area contributed by atoms with Gasteiger partial charge in [-0.1, -0.05) is 19.6 Å². The van der Waals surface area contributed by atoms with Gasteiger partial charge in [-0.15, -0.1) is 5.10 Å². The lowest BCUT2D eigenvalue weighted by atomic mass is 10.3. The lowest BCUT2D eigenvalue weighted by Crippen LogP contribution is -2.25. The number of rotatable bonds is 7. The molecule has 0 aliphatic rings. The van der Waals surface area contributed by atoms with Crippen LogP contribution in [0.2, 0.25) is 25.7 Å². The number of carbonyl (C=O) groups is 1. The first-order chi connectivity index (χ1) is 9.24. The first-order valence-electron chi connectivity index (χ1n) is 6.37. The van der Waals surface area contributed by atoms with Gasteiger partial charge in [0.2, 0.25) is 5.95 Å². The summed E-state index contributed by atoms with van der Waals surface area (Å²) < 4.78 is 20.3. The van der Waals surface area contributed by atoms with Gasteiger partial charge in [-0.25, -0.2) is 9.75 Å². The minimum Gasteiger partial charge on any atom is -0.360 e. The molecule has 0 atom stereocenters. The van der Waals surface area contributed by atoms with E-state index in [1.807, 2.05) is 0 Å². The normalized spacial score (nSPS) is 11.7. The van der Waals surface area contributed by atoms with Crippen molar-refractivity contribution in [1.82, 2.24) is 14.8 Å². The molecule has 1 aromatic heterocycles. The van der Waals surface area contributed by atoms with Crippen molar-refractivity contribution in [2.45, 2.75) is 32.4 Å². The maximum absolute atomic E-state index is 13.6. The number of halogens is 1. The van der Waals surface area contributed by atoms with Crippen molar-refractivity contribution in [3.8, 4) is 0 Å². The van der Waals surface area contributed by atoms with E-state index in [1.165, 1.54) is 25.0 Å². The predicted octanol–water partition coefficient (Wildman–Crippen LogP) is 1.97. The Morgan fingerprint density at radius 2 is 2.15 bits per heavy atom. The summed E-state index contributed by atoms with van der Waals surface area (Å²) in [4.78, 5) is 16.5. The Kier molecular flexibility index (Phi) is 5.84. The van der Waals surface area contributed by atoms with Gasteiger partial charge in [0.1, 0.15) is 12.3 Å². The van der Waals surface area contributed by atoms with Gasteiger partial charge in [0.25, 0.3) is 5.91 Å². The van der Waals surface area contributed by atoms with Crippen LogP contribution in [-0.2, 0) is 16.3 Å². The van der Waals surface area contributed by atoms with Crippen LogP contribution in [0.3, 0.4) is 0 Å². The SMILES string of the molecule is CON(C)C(=O)c1cn(COCC[Si](C)(C)C)nc1F. The minimum atomic E-state index is -1.14. The monoisotopic (exact) mass is 303 g/mol. The molecule has 0 saturated carbocycles. The molecule has 0 bridgehead atoms. The zero-order valence-corrected chi connectivity index (χ0v) is 13.6. The lowest BCUT2D eigenvalue weighted by Gasteiger charge is -2.15. The highest BCUT2D eigenvalue weighted by Crippen LogP contribution is 2.10. The standard InChI is InChI=1S/C12H22FN3O3Si/c1-15(18-2)12(17)10-8-16(14-11(10)13)9-19-6-7-20(3,4)5/h8H,6-7,9H2,1-5H3. The van der Waals surface area contributed by atoms with Gasteiger partial charge < -0.3 is 4.74 Å². The summed E-state index contributed by atoms with van der Waals surface area (Å²) in [5.74, 6) is -1.41. The predicted molar refractivity (Wildman–Crippen MR) is 75.4 cm³/mol. The van der Waals surface area contributed by atoms with Crippen molar-refractivity contribution in [3.63, 3.8) is 0 Å². The van der Waals surface area contributed by atoms with Crippen molar-refractivity contribution in [1.29, 1.82) is 0 Å². The summed E-state index contributed by atoms with van der Waals surface area (Å²) in [5.41, 5.74) is -0.136. The molecule has 0 aliphatic heterocycles. The van der Waals surface area contributed by atoms with Gasteiger partial charge in [0.15, 0.2) is 0 Å². The number of hydrogen-bond donors (Lipinski definition) is 0. The number of hydroxylamine groups is 2. The lowest BCUT2D eigenvalue weighted by molar-refractivity contribution is -0.0759. The molecule has 0 aromatic carbocycles. The largest absolute Gasteiger partial charge is 0.360 e. The summed E-state index contributed by atoms with van der Waals surface area (Å²) in [5, 5.41) is 4.56. The van der Waals surface area contributed by atoms with Crippen LogP contribution in [0, 0.1) is 5.95 Å². The summed E-state index contributed by atoms with van der Waals surface area (Å²) in [6.45, 7) is 7.49. The molecule has 114 valence electrons. The summed E-state index contributed by atoms with van der Waals surface area (Å²) in [7, 11) is 1.59. The second kappa shape index (κ2) is 6.96. The molecule has 0 N–H and O–H groups in total. The second-order valence-electron chi connectivity index (χ2n) is 5.71. The van der Waals surface area contributed by atoms with Gasteiger partial charge in [0.05, 0.1) is 7.11 Å². The number of carbonyl (C=O) groups excluding carboxylic acids is 1. The zero-order chi connectivity index (χ0) is 15.3. The van der Waals surface area contributed by atoms with Crippen LogP contribution in [0.15, 0.2) is 6.20 Å². The Hall–Kier alpha value is -1.25. The third-order valence-electron chi connectivity index (χ3n) is 2.73. The van der Waals surface area contributed by atoms with Gasteiger partial charge in [-0.05, 0) is 6.04 Å². The average Bonchev–Trinajstić information content (AvgIpc) is 2.73. The maximum Gasteiger partial charge on any atom is 0.283 e. The molecule has 8 heteroatoms. The molecular weight excluding hydrogens is 281 g/mol. The molecule has 1 aromatic rings. The van der Waals surface area contributed by atoms with Gasteiger partial charge >= 0.3 is 0 Å². The average molecular weight is 303 g/mol. The fourth-order valence-corrected chi connectivity index (χ4v) is 2.15. The molecule has 0 unspecified atom stereocenters. The summed E-state index contributed by atoms with van der Waals surface area (Å²) in [6, 6.07) is 1.02. The minimum absolute atomic E-state index is 0.130. The second-order valence-corrected chi connectivity index (χ2v) is 11.3. The van der Waals surface area contributed by atoms with Crippen LogP contribution in [-0.4, -0.2) is 49.6 Å². The molecule has 1 heterocycles. The van der Waals surface area contributed by atoms with E-state index >= 15 is 0 Å². The third kappa shape index (κ3) is 5.03.